The minimum Gasteiger partial charge on any atom is -0.507 e. The van der Waals surface area contributed by atoms with Crippen LogP contribution in [0.5, 0.6) is 17.2 Å². The van der Waals surface area contributed by atoms with Crippen LogP contribution >= 0.6 is 12.4 Å². The molecule has 14 nitrogen and oxygen atoms in total. The van der Waals surface area contributed by atoms with E-state index in [1.165, 1.54) is 32.2 Å². The van der Waals surface area contributed by atoms with Crippen LogP contribution in [0, 0.1) is 0 Å². The highest BCUT2D eigenvalue weighted by molar-refractivity contribution is 6.31. The molecule has 250 valence electrons. The number of fused-ring (bicyclic) bond motifs is 3. The Morgan fingerprint density at radius 2 is 1.76 bits per heavy atom. The van der Waals surface area contributed by atoms with E-state index in [4.69, 9.17) is 24.7 Å². The molecule has 46 heavy (non-hydrogen) atoms. The van der Waals surface area contributed by atoms with Crippen LogP contribution in [0.2, 0.25) is 0 Å². The van der Waals surface area contributed by atoms with Crippen molar-refractivity contribution < 1.29 is 68.0 Å². The number of aliphatic hydroxyl groups is 3. The number of aliphatic hydroxyl groups excluding tert-OH is 2. The number of nitrogens with two attached hydrogens (primary N) is 1. The molecule has 1 fully saturated rings. The van der Waals surface area contributed by atoms with Gasteiger partial charge in [0.2, 0.25) is 11.6 Å². The van der Waals surface area contributed by atoms with Gasteiger partial charge in [0.15, 0.2) is 24.9 Å². The van der Waals surface area contributed by atoms with Gasteiger partial charge >= 0.3 is 5.97 Å². The number of methoxy groups -OCH3 is 1. The fourth-order valence-corrected chi connectivity index (χ4v) is 5.98. The number of rotatable bonds is 8. The number of ketones is 3. The van der Waals surface area contributed by atoms with Gasteiger partial charge in [0.1, 0.15) is 35.1 Å². The summed E-state index contributed by atoms with van der Waals surface area (Å²) in [5.41, 5.74) is 0.571. The Labute approximate surface area is 267 Å². The molecule has 1 saturated heterocycles. The smallest absolute Gasteiger partial charge is 0.307 e. The second-order valence-electron chi connectivity index (χ2n) is 11.2. The molecular formula is C30H33ClFNO13. The number of phenols is 2. The monoisotopic (exact) mass is 669 g/mol. The van der Waals surface area contributed by atoms with Crippen molar-refractivity contribution >= 4 is 35.7 Å². The van der Waals surface area contributed by atoms with E-state index in [0.717, 1.165) is 0 Å². The fraction of sp³-hybridized carbons (Fsp3) is 0.467. The van der Waals surface area contributed by atoms with E-state index in [-0.39, 0.29) is 53.4 Å². The molecule has 5 rings (SSSR count). The van der Waals surface area contributed by atoms with Crippen LogP contribution in [0.3, 0.4) is 0 Å². The maximum absolute atomic E-state index is 15.2. The third kappa shape index (κ3) is 5.72. The van der Waals surface area contributed by atoms with Crippen LogP contribution in [0.4, 0.5) is 4.39 Å². The van der Waals surface area contributed by atoms with Crippen LogP contribution in [0.25, 0.3) is 0 Å². The standard InChI is InChI=1S/C30H32FNO13.ClH/c1-11-23(35)28(40)22(31)29(44-11)45-15-9-30(41,16(33)10-43-17(34)6-7-32)8-13-19(15)27(39)21-20(25(13)37)24(36)12-4-3-5-14(42-2)18(12)26(21)38;/h3-5,11,15,22-23,28-29,35,37,39-41H,6-10,32H2,1-2H3;1H/t11-,15?,22+,23+,28-,29-,30?;/m0./s1. The molecule has 0 amide bonds. The van der Waals surface area contributed by atoms with Crippen LogP contribution in [-0.2, 0) is 30.2 Å². The van der Waals surface area contributed by atoms with Crippen LogP contribution in [0.15, 0.2) is 18.2 Å². The summed E-state index contributed by atoms with van der Waals surface area (Å²) in [6.07, 6.45) is -12.4. The lowest BCUT2D eigenvalue weighted by Crippen LogP contribution is -2.56. The molecule has 16 heteroatoms. The van der Waals surface area contributed by atoms with Gasteiger partial charge in [-0.05, 0) is 13.0 Å². The first-order chi connectivity index (χ1) is 21.2. The van der Waals surface area contributed by atoms with Crippen molar-refractivity contribution in [3.05, 3.63) is 51.6 Å². The van der Waals surface area contributed by atoms with Gasteiger partial charge in [-0.3, -0.25) is 19.2 Å². The first kappa shape index (κ1) is 35.2. The normalized spacial score (nSPS) is 28.3. The zero-order valence-electron chi connectivity index (χ0n) is 24.6. The number of esters is 1. The summed E-state index contributed by atoms with van der Waals surface area (Å²) in [5.74, 6) is -5.33. The number of aromatic hydroxyl groups is 2. The highest BCUT2D eigenvalue weighted by Crippen LogP contribution is 2.52. The number of carbonyl (C=O) groups excluding carboxylic acids is 4. The first-order valence-corrected chi connectivity index (χ1v) is 14.0. The van der Waals surface area contributed by atoms with Gasteiger partial charge < -0.3 is 50.2 Å². The minimum absolute atomic E-state index is 0. The Bertz CT molecular complexity index is 1580. The molecule has 7 atom stereocenters. The van der Waals surface area contributed by atoms with Crippen molar-refractivity contribution in [2.45, 2.75) is 68.7 Å². The molecule has 0 saturated carbocycles. The third-order valence-corrected chi connectivity index (χ3v) is 8.37. The summed E-state index contributed by atoms with van der Waals surface area (Å²) in [4.78, 5) is 52.5. The van der Waals surface area contributed by atoms with E-state index in [9.17, 15) is 44.7 Å². The first-order valence-electron chi connectivity index (χ1n) is 14.0. The molecule has 0 radical (unpaired) electrons. The van der Waals surface area contributed by atoms with Gasteiger partial charge in [0.25, 0.3) is 0 Å². The topological polar surface area (TPSA) is 232 Å². The van der Waals surface area contributed by atoms with Crippen LogP contribution in [-0.4, -0.2) is 105 Å². The maximum Gasteiger partial charge on any atom is 0.307 e. The van der Waals surface area contributed by atoms with Crippen molar-refractivity contribution in [3.8, 4) is 17.2 Å². The molecule has 0 aromatic heterocycles. The summed E-state index contributed by atoms with van der Waals surface area (Å²) < 4.78 is 36.5. The van der Waals surface area contributed by atoms with E-state index in [1.54, 1.807) is 0 Å². The molecule has 1 aliphatic heterocycles. The molecule has 3 aliphatic rings. The van der Waals surface area contributed by atoms with Gasteiger partial charge in [0, 0.05) is 36.1 Å². The molecule has 1 heterocycles. The Balaban J connectivity index is 0.00000480. The summed E-state index contributed by atoms with van der Waals surface area (Å²) >= 11 is 0. The number of benzene rings is 2. The zero-order valence-corrected chi connectivity index (χ0v) is 25.4. The average Bonchev–Trinajstić information content (AvgIpc) is 3.01. The molecule has 2 aliphatic carbocycles. The Morgan fingerprint density at radius 1 is 1.09 bits per heavy atom. The predicted octanol–water partition coefficient (Wildman–Crippen LogP) is 0.304. The van der Waals surface area contributed by atoms with Crippen LogP contribution in [0.1, 0.15) is 68.8 Å². The summed E-state index contributed by atoms with van der Waals surface area (Å²) in [7, 11) is 1.27. The fourth-order valence-electron chi connectivity index (χ4n) is 5.98. The van der Waals surface area contributed by atoms with E-state index in [0.29, 0.717) is 0 Å². The molecule has 7 N–H and O–H groups in total. The Kier molecular flexibility index (Phi) is 10.1. The molecule has 0 bridgehead atoms. The van der Waals surface area contributed by atoms with Gasteiger partial charge in [-0.2, -0.15) is 0 Å². The predicted molar refractivity (Wildman–Crippen MR) is 155 cm³/mol. The number of hydrogen-bond donors (Lipinski definition) is 6. The van der Waals surface area contributed by atoms with E-state index < -0.39 is 108 Å². The quantitative estimate of drug-likeness (QED) is 0.140. The number of hydrogen-bond acceptors (Lipinski definition) is 14. The Hall–Kier alpha value is -3.70. The zero-order chi connectivity index (χ0) is 33.0. The lowest BCUT2D eigenvalue weighted by Gasteiger charge is -2.43. The minimum atomic E-state index is -2.48. The molecule has 2 unspecified atom stereocenters. The van der Waals surface area contributed by atoms with Crippen LogP contribution < -0.4 is 10.5 Å². The van der Waals surface area contributed by atoms with Crippen molar-refractivity contribution in [1.82, 2.24) is 0 Å². The van der Waals surface area contributed by atoms with Gasteiger partial charge in [-0.15, -0.1) is 12.4 Å². The number of phenolic OH excluding ortho intramolecular Hbond substituents is 2. The van der Waals surface area contributed by atoms with Gasteiger partial charge in [-0.1, -0.05) is 12.1 Å². The highest BCUT2D eigenvalue weighted by Gasteiger charge is 2.52. The second kappa shape index (κ2) is 13.2. The van der Waals surface area contributed by atoms with Crippen molar-refractivity contribution in [2.24, 2.45) is 5.73 Å². The maximum atomic E-state index is 15.2. The summed E-state index contributed by atoms with van der Waals surface area (Å²) in [6.45, 7) is 0.341. The molecule has 2 aromatic carbocycles. The van der Waals surface area contributed by atoms with Crippen molar-refractivity contribution in [2.75, 3.05) is 20.3 Å². The SMILES string of the molecule is COc1cccc2c1C(=O)c1c(O)c3c(c(O)c1C2=O)CC(O)(C(=O)COC(=O)CCN)CC3O[C@@H]1O[C@@H](C)[C@@H](O)[C@@H](O)[C@H]1F.Cl. The summed E-state index contributed by atoms with van der Waals surface area (Å²) in [5, 5.41) is 54.8. The van der Waals surface area contributed by atoms with Gasteiger partial charge in [-0.25, -0.2) is 4.39 Å². The average molecular weight is 670 g/mol. The highest BCUT2D eigenvalue weighted by atomic mass is 35.5. The number of Topliss-reactive ketones (excluding diaryl/α,β-unsaturated/α-hetero) is 1. The lowest BCUT2D eigenvalue weighted by atomic mass is 9.72. The van der Waals surface area contributed by atoms with Crippen molar-refractivity contribution in [1.29, 1.82) is 0 Å². The van der Waals surface area contributed by atoms with Crippen molar-refractivity contribution in [3.63, 3.8) is 0 Å². The van der Waals surface area contributed by atoms with E-state index >= 15 is 4.39 Å². The third-order valence-electron chi connectivity index (χ3n) is 8.37. The summed E-state index contributed by atoms with van der Waals surface area (Å²) in [6, 6.07) is 4.19. The molecular weight excluding hydrogens is 637 g/mol. The molecule has 2 aromatic rings. The van der Waals surface area contributed by atoms with E-state index in [1.807, 2.05) is 0 Å². The number of ether oxygens (including phenoxy) is 4. The number of halogens is 2. The van der Waals surface area contributed by atoms with E-state index in [2.05, 4.69) is 0 Å². The van der Waals surface area contributed by atoms with Gasteiger partial charge in [0.05, 0.1) is 42.4 Å². The lowest BCUT2D eigenvalue weighted by molar-refractivity contribution is -0.294. The number of carbonyl (C=O) groups is 4. The molecule has 0 spiro atoms. The number of alkyl halides is 1. The largest absolute Gasteiger partial charge is 0.507 e. The Morgan fingerprint density at radius 3 is 2.41 bits per heavy atom. The second-order valence-corrected chi connectivity index (χ2v) is 11.2.